The predicted octanol–water partition coefficient (Wildman–Crippen LogP) is 4.35. The highest BCUT2D eigenvalue weighted by atomic mass is 16.1. The van der Waals surface area contributed by atoms with Crippen molar-refractivity contribution in [3.63, 3.8) is 0 Å². The van der Waals surface area contributed by atoms with Crippen LogP contribution in [0.2, 0.25) is 0 Å². The fourth-order valence-electron chi connectivity index (χ4n) is 2.31. The molecule has 2 aromatic rings. The molecule has 92 valence electrons. The zero-order valence-corrected chi connectivity index (χ0v) is 11.1. The third-order valence-corrected chi connectivity index (χ3v) is 3.35. The number of hydrogen-bond donors (Lipinski definition) is 0. The molecule has 1 atom stereocenters. The third-order valence-electron chi connectivity index (χ3n) is 3.35. The zero-order valence-electron chi connectivity index (χ0n) is 11.1. The van der Waals surface area contributed by atoms with Gasteiger partial charge < -0.3 is 0 Å². The summed E-state index contributed by atoms with van der Waals surface area (Å²) in [4.78, 5) is 11.7. The molecule has 2 aromatic carbocycles. The molecule has 0 radical (unpaired) electrons. The largest absolute Gasteiger partial charge is 0.295 e. The molecule has 0 heterocycles. The minimum Gasteiger partial charge on any atom is -0.295 e. The van der Waals surface area contributed by atoms with Gasteiger partial charge >= 0.3 is 0 Å². The molecule has 1 nitrogen and oxygen atoms in total. The molecule has 0 aromatic heterocycles. The Morgan fingerprint density at radius 2 is 1.78 bits per heavy atom. The average molecular weight is 238 g/mol. The molecule has 0 amide bonds. The summed E-state index contributed by atoms with van der Waals surface area (Å²) in [5, 5.41) is 0. The Labute approximate surface area is 108 Å². The lowest BCUT2D eigenvalue weighted by Crippen LogP contribution is -2.04. The highest BCUT2D eigenvalue weighted by Gasteiger charge is 2.14. The Balaban J connectivity index is 2.46. The van der Waals surface area contributed by atoms with Gasteiger partial charge in [-0.3, -0.25) is 4.79 Å². The van der Waals surface area contributed by atoms with Crippen molar-refractivity contribution in [3.05, 3.63) is 70.8 Å². The number of benzene rings is 2. The first-order valence-corrected chi connectivity index (χ1v) is 6.26. The lowest BCUT2D eigenvalue weighted by Gasteiger charge is -2.16. The van der Waals surface area contributed by atoms with E-state index in [1.54, 1.807) is 6.92 Å². The molecule has 1 heteroatoms. The van der Waals surface area contributed by atoms with Gasteiger partial charge in [-0.15, -0.1) is 0 Å². The minimum atomic E-state index is 0.130. The van der Waals surface area contributed by atoms with Gasteiger partial charge in [0.05, 0.1) is 0 Å². The van der Waals surface area contributed by atoms with Gasteiger partial charge in [-0.2, -0.15) is 0 Å². The van der Waals surface area contributed by atoms with Crippen LogP contribution in [0.5, 0.6) is 0 Å². The number of aryl methyl sites for hydroxylation is 1. The van der Waals surface area contributed by atoms with Crippen LogP contribution in [0.15, 0.2) is 48.5 Å². The number of hydrogen-bond acceptors (Lipinski definition) is 1. The molecule has 0 saturated heterocycles. The van der Waals surface area contributed by atoms with Crippen LogP contribution >= 0.6 is 0 Å². The second kappa shape index (κ2) is 5.18. The summed E-state index contributed by atoms with van der Waals surface area (Å²) in [6, 6.07) is 16.3. The van der Waals surface area contributed by atoms with E-state index in [2.05, 4.69) is 38.1 Å². The molecule has 2 rings (SSSR count). The van der Waals surface area contributed by atoms with Crippen molar-refractivity contribution in [1.29, 1.82) is 0 Å². The van der Waals surface area contributed by atoms with Crippen LogP contribution in [0.1, 0.15) is 46.8 Å². The fraction of sp³-hybridized carbons (Fsp3) is 0.235. The van der Waals surface area contributed by atoms with E-state index in [1.165, 1.54) is 11.1 Å². The number of carbonyl (C=O) groups is 1. The van der Waals surface area contributed by atoms with Crippen molar-refractivity contribution in [2.45, 2.75) is 26.7 Å². The summed E-state index contributed by atoms with van der Waals surface area (Å²) >= 11 is 0. The highest BCUT2D eigenvalue weighted by Crippen LogP contribution is 2.27. The third kappa shape index (κ3) is 2.51. The van der Waals surface area contributed by atoms with E-state index < -0.39 is 0 Å². The van der Waals surface area contributed by atoms with Gasteiger partial charge in [0, 0.05) is 11.5 Å². The molecule has 18 heavy (non-hydrogen) atoms. The Morgan fingerprint density at radius 1 is 1.06 bits per heavy atom. The summed E-state index contributed by atoms with van der Waals surface area (Å²) in [5.74, 6) is 0.370. The van der Waals surface area contributed by atoms with E-state index in [0.717, 1.165) is 11.1 Å². The van der Waals surface area contributed by atoms with Gasteiger partial charge in [0.15, 0.2) is 5.78 Å². The topological polar surface area (TPSA) is 17.1 Å². The number of carbonyl (C=O) groups excluding carboxylic acids is 1. The zero-order chi connectivity index (χ0) is 13.1. The van der Waals surface area contributed by atoms with Crippen LogP contribution in [0.4, 0.5) is 0 Å². The van der Waals surface area contributed by atoms with Gasteiger partial charge in [-0.1, -0.05) is 61.0 Å². The first kappa shape index (κ1) is 12.6. The molecule has 0 spiro atoms. The first-order chi connectivity index (χ1) is 8.59. The molecule has 0 aliphatic carbocycles. The van der Waals surface area contributed by atoms with Crippen LogP contribution in [-0.2, 0) is 0 Å². The van der Waals surface area contributed by atoms with Gasteiger partial charge in [-0.05, 0) is 25.0 Å². The SMILES string of the molecule is CC(=O)c1ccccc1C(C)c1cccc(C)c1. The predicted molar refractivity (Wildman–Crippen MR) is 75.1 cm³/mol. The summed E-state index contributed by atoms with van der Waals surface area (Å²) in [7, 11) is 0. The molecule has 0 N–H and O–H groups in total. The van der Waals surface area contributed by atoms with Crippen molar-refractivity contribution in [1.82, 2.24) is 0 Å². The number of Topliss-reactive ketones (excluding diaryl/α,β-unsaturated/α-hetero) is 1. The molecule has 0 aliphatic heterocycles. The smallest absolute Gasteiger partial charge is 0.160 e. The van der Waals surface area contributed by atoms with Crippen LogP contribution in [0.25, 0.3) is 0 Å². The minimum absolute atomic E-state index is 0.130. The molecule has 1 unspecified atom stereocenters. The van der Waals surface area contributed by atoms with Crippen molar-refractivity contribution >= 4 is 5.78 Å². The van der Waals surface area contributed by atoms with Crippen LogP contribution < -0.4 is 0 Å². The fourth-order valence-corrected chi connectivity index (χ4v) is 2.31. The maximum Gasteiger partial charge on any atom is 0.160 e. The Kier molecular flexibility index (Phi) is 3.61. The monoisotopic (exact) mass is 238 g/mol. The van der Waals surface area contributed by atoms with E-state index in [0.29, 0.717) is 0 Å². The van der Waals surface area contributed by atoms with E-state index in [1.807, 2.05) is 24.3 Å². The Morgan fingerprint density at radius 3 is 2.44 bits per heavy atom. The lowest BCUT2D eigenvalue weighted by atomic mass is 9.88. The van der Waals surface area contributed by atoms with E-state index in [9.17, 15) is 4.79 Å². The summed E-state index contributed by atoms with van der Waals surface area (Å²) in [6.07, 6.45) is 0. The molecule has 0 bridgehead atoms. The van der Waals surface area contributed by atoms with Gasteiger partial charge in [0.25, 0.3) is 0 Å². The summed E-state index contributed by atoms with van der Waals surface area (Å²) in [5.41, 5.74) is 4.44. The van der Waals surface area contributed by atoms with E-state index in [-0.39, 0.29) is 11.7 Å². The summed E-state index contributed by atoms with van der Waals surface area (Å²) in [6.45, 7) is 5.87. The Hall–Kier alpha value is -1.89. The second-order valence-corrected chi connectivity index (χ2v) is 4.78. The Bertz CT molecular complexity index is 569. The molecule has 0 aliphatic rings. The quantitative estimate of drug-likeness (QED) is 0.726. The second-order valence-electron chi connectivity index (χ2n) is 4.78. The lowest BCUT2D eigenvalue weighted by molar-refractivity contribution is 0.101. The molecular weight excluding hydrogens is 220 g/mol. The van der Waals surface area contributed by atoms with Gasteiger partial charge in [0.2, 0.25) is 0 Å². The first-order valence-electron chi connectivity index (χ1n) is 6.26. The van der Waals surface area contributed by atoms with Crippen LogP contribution in [0, 0.1) is 6.92 Å². The average Bonchev–Trinajstić information content (AvgIpc) is 2.38. The van der Waals surface area contributed by atoms with E-state index >= 15 is 0 Å². The van der Waals surface area contributed by atoms with Crippen molar-refractivity contribution < 1.29 is 4.79 Å². The standard InChI is InChI=1S/C17H18O/c1-12-7-6-8-15(11-12)13(2)16-9-4-5-10-17(16)14(3)18/h4-11,13H,1-3H3. The maximum atomic E-state index is 11.7. The van der Waals surface area contributed by atoms with Crippen LogP contribution in [0.3, 0.4) is 0 Å². The molecular formula is C17H18O. The number of rotatable bonds is 3. The normalized spacial score (nSPS) is 12.2. The van der Waals surface area contributed by atoms with Crippen molar-refractivity contribution in [3.8, 4) is 0 Å². The molecule has 0 fully saturated rings. The van der Waals surface area contributed by atoms with E-state index in [4.69, 9.17) is 0 Å². The highest BCUT2D eigenvalue weighted by molar-refractivity contribution is 5.95. The van der Waals surface area contributed by atoms with Gasteiger partial charge in [0.1, 0.15) is 0 Å². The maximum absolute atomic E-state index is 11.7. The molecule has 0 saturated carbocycles. The van der Waals surface area contributed by atoms with Crippen LogP contribution in [-0.4, -0.2) is 5.78 Å². The van der Waals surface area contributed by atoms with Crippen molar-refractivity contribution in [2.75, 3.05) is 0 Å². The summed E-state index contributed by atoms with van der Waals surface area (Å²) < 4.78 is 0. The van der Waals surface area contributed by atoms with Gasteiger partial charge in [-0.25, -0.2) is 0 Å². The number of ketones is 1. The van der Waals surface area contributed by atoms with Crippen molar-refractivity contribution in [2.24, 2.45) is 0 Å².